The lowest BCUT2D eigenvalue weighted by atomic mass is 9.68. The molecule has 0 saturated carbocycles. The lowest BCUT2D eigenvalue weighted by molar-refractivity contribution is -0.117. The summed E-state index contributed by atoms with van der Waals surface area (Å²) in [7, 11) is 0. The monoisotopic (exact) mass is 234 g/mol. The third kappa shape index (κ3) is 3.95. The quantitative estimate of drug-likeness (QED) is 0.414. The largest absolute Gasteiger partial charge is 0.303 e. The fraction of sp³-hybridized carbons (Fsp3) is 0.600. The van der Waals surface area contributed by atoms with E-state index in [1.807, 2.05) is 6.08 Å². The standard InChI is InChI=1S/C15H22O2/c1-12-6-4-10-15(2,3)14(12)9-8-13(17)7-5-11-16/h6,8-9,11,14H,4-5,7,10H2,1-3H3. The summed E-state index contributed by atoms with van der Waals surface area (Å²) in [5.74, 6) is 0.391. The van der Waals surface area contributed by atoms with Crippen LogP contribution in [0, 0.1) is 11.3 Å². The lowest BCUT2D eigenvalue weighted by Crippen LogP contribution is -2.26. The van der Waals surface area contributed by atoms with Crippen LogP contribution in [0.4, 0.5) is 0 Å². The van der Waals surface area contributed by atoms with Crippen molar-refractivity contribution in [3.8, 4) is 0 Å². The molecule has 1 aliphatic rings. The topological polar surface area (TPSA) is 34.1 Å². The summed E-state index contributed by atoms with van der Waals surface area (Å²) in [5.41, 5.74) is 1.57. The molecule has 2 heteroatoms. The maximum absolute atomic E-state index is 11.5. The zero-order chi connectivity index (χ0) is 12.9. The Bertz CT molecular complexity index is 348. The van der Waals surface area contributed by atoms with E-state index in [2.05, 4.69) is 26.8 Å². The van der Waals surface area contributed by atoms with Gasteiger partial charge in [0.25, 0.3) is 0 Å². The Labute approximate surface area is 104 Å². The zero-order valence-electron chi connectivity index (χ0n) is 11.0. The summed E-state index contributed by atoms with van der Waals surface area (Å²) in [6, 6.07) is 0. The molecule has 0 heterocycles. The SMILES string of the molecule is CC1=CCCC(C)(C)C1C=CC(=O)CCC=O. The van der Waals surface area contributed by atoms with Gasteiger partial charge in [-0.3, -0.25) is 4.79 Å². The van der Waals surface area contributed by atoms with Crippen LogP contribution in [0.2, 0.25) is 0 Å². The van der Waals surface area contributed by atoms with Crippen LogP contribution in [-0.4, -0.2) is 12.1 Å². The molecule has 1 atom stereocenters. The highest BCUT2D eigenvalue weighted by Gasteiger charge is 2.30. The van der Waals surface area contributed by atoms with E-state index in [0.717, 1.165) is 19.1 Å². The van der Waals surface area contributed by atoms with Crippen LogP contribution < -0.4 is 0 Å². The molecule has 0 aromatic rings. The van der Waals surface area contributed by atoms with Gasteiger partial charge in [0, 0.05) is 18.8 Å². The minimum absolute atomic E-state index is 0.0475. The maximum atomic E-state index is 11.5. The molecule has 0 aromatic carbocycles. The van der Waals surface area contributed by atoms with Crippen molar-refractivity contribution < 1.29 is 9.59 Å². The molecule has 0 radical (unpaired) electrons. The molecule has 0 spiro atoms. The molecule has 1 unspecified atom stereocenters. The Balaban J connectivity index is 2.68. The van der Waals surface area contributed by atoms with Gasteiger partial charge in [-0.1, -0.05) is 31.6 Å². The van der Waals surface area contributed by atoms with Gasteiger partial charge in [0.1, 0.15) is 6.29 Å². The van der Waals surface area contributed by atoms with Crippen LogP contribution >= 0.6 is 0 Å². The van der Waals surface area contributed by atoms with Gasteiger partial charge in [-0.25, -0.2) is 0 Å². The van der Waals surface area contributed by atoms with Crippen molar-refractivity contribution in [3.63, 3.8) is 0 Å². The van der Waals surface area contributed by atoms with E-state index < -0.39 is 0 Å². The van der Waals surface area contributed by atoms with Crippen molar-refractivity contribution >= 4 is 12.1 Å². The first-order chi connectivity index (χ1) is 7.97. The molecule has 0 aliphatic heterocycles. The highest BCUT2D eigenvalue weighted by molar-refractivity contribution is 5.90. The summed E-state index contributed by atoms with van der Waals surface area (Å²) in [6.07, 6.45) is 9.65. The van der Waals surface area contributed by atoms with Gasteiger partial charge in [-0.2, -0.15) is 0 Å². The summed E-state index contributed by atoms with van der Waals surface area (Å²) in [4.78, 5) is 21.7. The second kappa shape index (κ2) is 5.95. The Hall–Kier alpha value is -1.18. The molecular weight excluding hydrogens is 212 g/mol. The molecule has 0 fully saturated rings. The van der Waals surface area contributed by atoms with E-state index in [1.54, 1.807) is 6.08 Å². The van der Waals surface area contributed by atoms with Gasteiger partial charge in [0.2, 0.25) is 0 Å². The maximum Gasteiger partial charge on any atom is 0.155 e. The summed E-state index contributed by atoms with van der Waals surface area (Å²) in [6.45, 7) is 6.62. The van der Waals surface area contributed by atoms with E-state index in [4.69, 9.17) is 0 Å². The smallest absolute Gasteiger partial charge is 0.155 e. The van der Waals surface area contributed by atoms with Gasteiger partial charge in [0.15, 0.2) is 5.78 Å². The third-order valence-electron chi connectivity index (χ3n) is 3.57. The number of allylic oxidation sites excluding steroid dienone is 4. The number of carbonyl (C=O) groups excluding carboxylic acids is 2. The highest BCUT2D eigenvalue weighted by Crippen LogP contribution is 2.41. The van der Waals surface area contributed by atoms with Crippen LogP contribution in [0.3, 0.4) is 0 Å². The van der Waals surface area contributed by atoms with E-state index in [1.165, 1.54) is 5.57 Å². The number of aldehydes is 1. The molecule has 2 nitrogen and oxygen atoms in total. The zero-order valence-corrected chi connectivity index (χ0v) is 11.0. The van der Waals surface area contributed by atoms with Crippen molar-refractivity contribution in [3.05, 3.63) is 23.8 Å². The molecular formula is C15H22O2. The van der Waals surface area contributed by atoms with Crippen molar-refractivity contribution in [1.29, 1.82) is 0 Å². The molecule has 1 aliphatic carbocycles. The van der Waals surface area contributed by atoms with Crippen molar-refractivity contribution in [2.24, 2.45) is 11.3 Å². The van der Waals surface area contributed by atoms with Crippen LogP contribution in [-0.2, 0) is 9.59 Å². The molecule has 0 N–H and O–H groups in total. The number of carbonyl (C=O) groups is 2. The van der Waals surface area contributed by atoms with Crippen LogP contribution in [0.1, 0.15) is 46.5 Å². The molecule has 94 valence electrons. The lowest BCUT2D eigenvalue weighted by Gasteiger charge is -2.36. The van der Waals surface area contributed by atoms with Crippen molar-refractivity contribution in [1.82, 2.24) is 0 Å². The Morgan fingerprint density at radius 1 is 1.53 bits per heavy atom. The van der Waals surface area contributed by atoms with Crippen molar-refractivity contribution in [2.45, 2.75) is 46.5 Å². The van der Waals surface area contributed by atoms with E-state index >= 15 is 0 Å². The minimum atomic E-state index is 0.0475. The number of hydrogen-bond acceptors (Lipinski definition) is 2. The Morgan fingerprint density at radius 3 is 2.82 bits per heavy atom. The predicted molar refractivity (Wildman–Crippen MR) is 69.7 cm³/mol. The molecule has 1 rings (SSSR count). The van der Waals surface area contributed by atoms with Gasteiger partial charge < -0.3 is 4.79 Å². The van der Waals surface area contributed by atoms with Crippen LogP contribution in [0.5, 0.6) is 0 Å². The molecule has 17 heavy (non-hydrogen) atoms. The van der Waals surface area contributed by atoms with E-state index in [0.29, 0.717) is 18.8 Å². The van der Waals surface area contributed by atoms with E-state index in [9.17, 15) is 9.59 Å². The van der Waals surface area contributed by atoms with Gasteiger partial charge in [-0.05, 0) is 31.3 Å². The summed E-state index contributed by atoms with van der Waals surface area (Å²) >= 11 is 0. The highest BCUT2D eigenvalue weighted by atomic mass is 16.1. The molecule has 0 aromatic heterocycles. The van der Waals surface area contributed by atoms with E-state index in [-0.39, 0.29) is 11.2 Å². The molecule has 0 saturated heterocycles. The Kier molecular flexibility index (Phi) is 4.86. The number of ketones is 1. The normalized spacial score (nSPS) is 23.5. The minimum Gasteiger partial charge on any atom is -0.303 e. The third-order valence-corrected chi connectivity index (χ3v) is 3.57. The van der Waals surface area contributed by atoms with Gasteiger partial charge in [-0.15, -0.1) is 0 Å². The Morgan fingerprint density at radius 2 is 2.24 bits per heavy atom. The second-order valence-corrected chi connectivity index (χ2v) is 5.48. The van der Waals surface area contributed by atoms with Crippen molar-refractivity contribution in [2.75, 3.05) is 0 Å². The average Bonchev–Trinajstić information content (AvgIpc) is 2.24. The molecule has 0 amide bonds. The van der Waals surface area contributed by atoms with Gasteiger partial charge >= 0.3 is 0 Å². The number of rotatable bonds is 5. The fourth-order valence-electron chi connectivity index (χ4n) is 2.47. The molecule has 0 bridgehead atoms. The van der Waals surface area contributed by atoms with Gasteiger partial charge in [0.05, 0.1) is 0 Å². The van der Waals surface area contributed by atoms with Crippen LogP contribution in [0.15, 0.2) is 23.8 Å². The fourth-order valence-corrected chi connectivity index (χ4v) is 2.47. The summed E-state index contributed by atoms with van der Waals surface area (Å²) in [5, 5.41) is 0. The first-order valence-corrected chi connectivity index (χ1v) is 6.28. The summed E-state index contributed by atoms with van der Waals surface area (Å²) < 4.78 is 0. The first-order valence-electron chi connectivity index (χ1n) is 6.28. The second-order valence-electron chi connectivity index (χ2n) is 5.48. The predicted octanol–water partition coefficient (Wildman–Crippen LogP) is 3.47. The van der Waals surface area contributed by atoms with Crippen LogP contribution in [0.25, 0.3) is 0 Å². The average molecular weight is 234 g/mol. The number of hydrogen-bond donors (Lipinski definition) is 0. The first kappa shape index (κ1) is 13.9.